The van der Waals surface area contributed by atoms with Gasteiger partial charge in [0, 0.05) is 27.8 Å². The summed E-state index contributed by atoms with van der Waals surface area (Å²) >= 11 is 0. The first-order valence-corrected chi connectivity index (χ1v) is 14.0. The standard InChI is InChI=1S/C21H30N9O11P/c1-35-5-11-14(15(37-3)18(40-11)30-8-25-19(22)28-21(30)32)41-42(33,34)38-6-10-9(36-2)4-12(39-10)29-7-24-13-16(29)26-20(23)27-17(13)31/h7-12,14-15,18H,4-6H2,1-3H3,(H,33,34)(H2,22,28,32)(H3,23,26,27,31)/t9?,10-,11-,12-,14+,15?,18-/m1/s1. The molecule has 2 aliphatic rings. The Kier molecular flexibility index (Phi) is 8.69. The van der Waals surface area contributed by atoms with Crippen molar-refractivity contribution < 1.29 is 42.2 Å². The van der Waals surface area contributed by atoms with Crippen LogP contribution in [0.1, 0.15) is 18.9 Å². The van der Waals surface area contributed by atoms with Gasteiger partial charge in [-0.1, -0.05) is 0 Å². The summed E-state index contributed by atoms with van der Waals surface area (Å²) in [5, 5.41) is 0. The number of aromatic nitrogens is 7. The molecule has 42 heavy (non-hydrogen) atoms. The van der Waals surface area contributed by atoms with Crippen LogP contribution in [0.15, 0.2) is 22.2 Å². The topological polar surface area (TPSA) is 265 Å². The van der Waals surface area contributed by atoms with Crippen LogP contribution in [0, 0.1) is 0 Å². The Morgan fingerprint density at radius 3 is 2.50 bits per heavy atom. The summed E-state index contributed by atoms with van der Waals surface area (Å²) in [5.74, 6) is -0.333. The fourth-order valence-electron chi connectivity index (χ4n) is 4.91. The van der Waals surface area contributed by atoms with E-state index >= 15 is 0 Å². The lowest BCUT2D eigenvalue weighted by atomic mass is 10.1. The summed E-state index contributed by atoms with van der Waals surface area (Å²) in [6.07, 6.45) is -3.71. The summed E-state index contributed by atoms with van der Waals surface area (Å²) in [4.78, 5) is 53.2. The Labute approximate surface area is 236 Å². The SMILES string of the molecule is COC[C@H]1O[C@@H](n2cnc(N)nc2=O)C(OC)[C@H]1OP(=O)(O)OC[C@H]1O[C@@H](n2cnc3c(=O)[nH]c(N)nc32)CC1OC. The molecular weight excluding hydrogens is 585 g/mol. The number of aromatic amines is 1. The van der Waals surface area contributed by atoms with Crippen molar-refractivity contribution in [1.29, 1.82) is 0 Å². The van der Waals surface area contributed by atoms with Gasteiger partial charge in [-0.3, -0.25) is 28.0 Å². The normalized spacial score (nSPS) is 29.3. The highest BCUT2D eigenvalue weighted by Crippen LogP contribution is 2.49. The number of phosphoric ester groups is 1. The van der Waals surface area contributed by atoms with Crippen molar-refractivity contribution in [3.8, 4) is 0 Å². The number of rotatable bonds is 11. The van der Waals surface area contributed by atoms with Crippen molar-refractivity contribution in [3.63, 3.8) is 0 Å². The Balaban J connectivity index is 1.29. The van der Waals surface area contributed by atoms with E-state index in [9.17, 15) is 19.0 Å². The van der Waals surface area contributed by atoms with E-state index in [0.717, 1.165) is 10.9 Å². The molecule has 5 heterocycles. The zero-order valence-electron chi connectivity index (χ0n) is 22.6. The van der Waals surface area contributed by atoms with E-state index < -0.39 is 68.7 Å². The molecule has 0 aliphatic carbocycles. The molecule has 2 fully saturated rings. The predicted molar refractivity (Wildman–Crippen MR) is 140 cm³/mol. The number of anilines is 2. The number of H-pyrrole nitrogens is 1. The van der Waals surface area contributed by atoms with Crippen LogP contribution in [0.2, 0.25) is 0 Å². The molecule has 21 heteroatoms. The molecule has 8 atom stereocenters. The minimum Gasteiger partial charge on any atom is -0.382 e. The predicted octanol–water partition coefficient (Wildman–Crippen LogP) is -1.70. The van der Waals surface area contributed by atoms with Crippen LogP contribution >= 0.6 is 7.82 Å². The number of nitrogens with two attached hydrogens (primary N) is 2. The number of methoxy groups -OCH3 is 3. The average molecular weight is 615 g/mol. The molecule has 0 spiro atoms. The fourth-order valence-corrected chi connectivity index (χ4v) is 5.87. The van der Waals surface area contributed by atoms with Gasteiger partial charge in [-0.25, -0.2) is 19.3 Å². The Hall–Kier alpha value is -3.33. The third-order valence-corrected chi connectivity index (χ3v) is 7.79. The van der Waals surface area contributed by atoms with E-state index in [1.807, 2.05) is 0 Å². The summed E-state index contributed by atoms with van der Waals surface area (Å²) < 4.78 is 54.5. The van der Waals surface area contributed by atoms with E-state index in [2.05, 4.69) is 24.9 Å². The van der Waals surface area contributed by atoms with Gasteiger partial charge in [-0.2, -0.15) is 9.97 Å². The number of ether oxygens (including phenoxy) is 5. The van der Waals surface area contributed by atoms with Crippen molar-refractivity contribution in [1.82, 2.24) is 34.1 Å². The number of nitrogens with zero attached hydrogens (tertiary/aromatic N) is 6. The molecule has 3 unspecified atom stereocenters. The minimum absolute atomic E-state index is 0.0675. The number of nitrogen functional groups attached to an aromatic ring is 2. The van der Waals surface area contributed by atoms with Crippen LogP contribution < -0.4 is 22.7 Å². The summed E-state index contributed by atoms with van der Waals surface area (Å²) in [6.45, 7) is -0.495. The third kappa shape index (κ3) is 5.93. The van der Waals surface area contributed by atoms with Crippen molar-refractivity contribution in [2.75, 3.05) is 46.0 Å². The monoisotopic (exact) mass is 615 g/mol. The van der Waals surface area contributed by atoms with Crippen molar-refractivity contribution in [2.45, 2.75) is 49.4 Å². The first kappa shape index (κ1) is 30.1. The quantitative estimate of drug-likeness (QED) is 0.175. The first-order valence-electron chi connectivity index (χ1n) is 12.5. The molecule has 2 aliphatic heterocycles. The number of hydrogen-bond acceptors (Lipinski definition) is 16. The zero-order valence-corrected chi connectivity index (χ0v) is 23.5. The molecule has 0 aromatic carbocycles. The maximum Gasteiger partial charge on any atom is 0.472 e. The van der Waals surface area contributed by atoms with Gasteiger partial charge in [-0.05, 0) is 0 Å². The highest BCUT2D eigenvalue weighted by atomic mass is 31.2. The maximum atomic E-state index is 13.1. The van der Waals surface area contributed by atoms with Gasteiger partial charge in [0.1, 0.15) is 37.0 Å². The van der Waals surface area contributed by atoms with Crippen LogP contribution in [0.5, 0.6) is 0 Å². The summed E-state index contributed by atoms with van der Waals surface area (Å²) in [6, 6.07) is 0. The van der Waals surface area contributed by atoms with E-state index in [0.29, 0.717) is 0 Å². The Bertz CT molecular complexity index is 1580. The second-order valence-corrected chi connectivity index (χ2v) is 10.8. The van der Waals surface area contributed by atoms with Crippen molar-refractivity contribution in [3.05, 3.63) is 33.5 Å². The van der Waals surface area contributed by atoms with Gasteiger partial charge >= 0.3 is 13.5 Å². The number of imidazole rings is 1. The lowest BCUT2D eigenvalue weighted by molar-refractivity contribution is -0.0677. The number of phosphoric acid groups is 1. The van der Waals surface area contributed by atoms with Crippen LogP contribution in [-0.2, 0) is 37.3 Å². The minimum atomic E-state index is -4.80. The second-order valence-electron chi connectivity index (χ2n) is 9.37. The molecular formula is C21H30N9O11P. The molecule has 0 radical (unpaired) electrons. The largest absolute Gasteiger partial charge is 0.472 e. The zero-order chi connectivity index (χ0) is 30.2. The highest BCUT2D eigenvalue weighted by Gasteiger charge is 2.51. The fraction of sp³-hybridized carbons (Fsp3) is 0.619. The van der Waals surface area contributed by atoms with Crippen LogP contribution in [0.25, 0.3) is 11.2 Å². The lowest BCUT2D eigenvalue weighted by Gasteiger charge is -2.26. The Morgan fingerprint density at radius 1 is 1.05 bits per heavy atom. The maximum absolute atomic E-state index is 13.1. The molecule has 0 bridgehead atoms. The van der Waals surface area contributed by atoms with Crippen LogP contribution in [0.4, 0.5) is 11.9 Å². The molecule has 230 valence electrons. The van der Waals surface area contributed by atoms with Crippen LogP contribution in [-0.4, -0.2) is 104 Å². The molecule has 20 nitrogen and oxygen atoms in total. The molecule has 5 rings (SSSR count). The van der Waals surface area contributed by atoms with E-state index in [4.69, 9.17) is 44.2 Å². The molecule has 0 saturated carbocycles. The van der Waals surface area contributed by atoms with E-state index in [1.165, 1.54) is 32.2 Å². The molecule has 6 N–H and O–H groups in total. The molecule has 3 aromatic heterocycles. The first-order chi connectivity index (χ1) is 20.0. The second kappa shape index (κ2) is 12.1. The van der Waals surface area contributed by atoms with Gasteiger partial charge in [0.05, 0.1) is 25.6 Å². The summed E-state index contributed by atoms with van der Waals surface area (Å²) in [7, 11) is -0.644. The highest BCUT2D eigenvalue weighted by molar-refractivity contribution is 7.47. The van der Waals surface area contributed by atoms with Crippen molar-refractivity contribution >= 4 is 30.9 Å². The van der Waals surface area contributed by atoms with Gasteiger partial charge in [-0.15, -0.1) is 0 Å². The number of hydrogen-bond donors (Lipinski definition) is 4. The van der Waals surface area contributed by atoms with E-state index in [-0.39, 0.29) is 36.1 Å². The van der Waals surface area contributed by atoms with Crippen LogP contribution in [0.3, 0.4) is 0 Å². The third-order valence-electron chi connectivity index (χ3n) is 6.81. The Morgan fingerprint density at radius 2 is 1.81 bits per heavy atom. The van der Waals surface area contributed by atoms with Crippen molar-refractivity contribution in [2.24, 2.45) is 0 Å². The molecule has 3 aromatic rings. The van der Waals surface area contributed by atoms with Gasteiger partial charge in [0.2, 0.25) is 11.9 Å². The smallest absolute Gasteiger partial charge is 0.382 e. The van der Waals surface area contributed by atoms with Gasteiger partial charge in [0.15, 0.2) is 17.4 Å². The molecule has 0 amide bonds. The number of fused-ring (bicyclic) bond motifs is 1. The number of nitrogens with one attached hydrogen (secondary N) is 1. The lowest BCUT2D eigenvalue weighted by Crippen LogP contribution is -2.39. The van der Waals surface area contributed by atoms with E-state index in [1.54, 1.807) is 0 Å². The molecule has 2 saturated heterocycles. The summed E-state index contributed by atoms with van der Waals surface area (Å²) in [5.41, 5.74) is 10.1. The van der Waals surface area contributed by atoms with Gasteiger partial charge in [0.25, 0.3) is 5.56 Å². The average Bonchev–Trinajstić information content (AvgIpc) is 3.63. The van der Waals surface area contributed by atoms with Gasteiger partial charge < -0.3 is 40.0 Å².